The predicted molar refractivity (Wildman–Crippen MR) is 74.3 cm³/mol. The van der Waals surface area contributed by atoms with E-state index in [4.69, 9.17) is 15.2 Å². The smallest absolute Gasteiger partial charge is 0.213 e. The molecule has 0 fully saturated rings. The summed E-state index contributed by atoms with van der Waals surface area (Å²) in [6.45, 7) is 3.37. The third-order valence-electron chi connectivity index (χ3n) is 2.73. The molecule has 0 saturated heterocycles. The number of benzene rings is 1. The lowest BCUT2D eigenvalue weighted by molar-refractivity contribution is 0.211. The Labute approximate surface area is 113 Å². The van der Waals surface area contributed by atoms with Gasteiger partial charge in [0.2, 0.25) is 5.88 Å². The van der Waals surface area contributed by atoms with Gasteiger partial charge in [-0.05, 0) is 24.6 Å². The lowest BCUT2D eigenvalue weighted by atomic mass is 10.2. The molecule has 1 aromatic carbocycles. The van der Waals surface area contributed by atoms with Crippen LogP contribution >= 0.6 is 0 Å². The highest BCUT2D eigenvalue weighted by Gasteiger charge is 2.01. The summed E-state index contributed by atoms with van der Waals surface area (Å²) in [6, 6.07) is 13.4. The molecule has 19 heavy (non-hydrogen) atoms. The minimum Gasteiger partial charge on any atom is -0.490 e. The number of aromatic nitrogens is 1. The van der Waals surface area contributed by atoms with Crippen LogP contribution in [0.1, 0.15) is 11.3 Å². The van der Waals surface area contributed by atoms with Gasteiger partial charge in [0.1, 0.15) is 19.0 Å². The molecule has 4 heteroatoms. The van der Waals surface area contributed by atoms with Gasteiger partial charge in [-0.3, -0.25) is 0 Å². The van der Waals surface area contributed by atoms with Crippen molar-refractivity contribution < 1.29 is 9.47 Å². The van der Waals surface area contributed by atoms with Crippen molar-refractivity contribution in [1.29, 1.82) is 0 Å². The number of para-hydroxylation sites is 1. The molecule has 2 rings (SSSR count). The lowest BCUT2D eigenvalue weighted by Gasteiger charge is -2.09. The zero-order valence-electron chi connectivity index (χ0n) is 11.0. The van der Waals surface area contributed by atoms with Crippen LogP contribution < -0.4 is 15.2 Å². The van der Waals surface area contributed by atoms with E-state index in [-0.39, 0.29) is 0 Å². The summed E-state index contributed by atoms with van der Waals surface area (Å²) in [5, 5.41) is 0. The molecule has 1 heterocycles. The quantitative estimate of drug-likeness (QED) is 0.808. The first kappa shape index (κ1) is 13.4. The molecule has 2 aromatic rings. The number of aryl methyl sites for hydroxylation is 1. The van der Waals surface area contributed by atoms with Crippen molar-refractivity contribution in [1.82, 2.24) is 4.98 Å². The average Bonchev–Trinajstić information content (AvgIpc) is 2.45. The molecule has 4 nitrogen and oxygen atoms in total. The maximum absolute atomic E-state index is 5.59. The highest BCUT2D eigenvalue weighted by atomic mass is 16.5. The first-order valence-electron chi connectivity index (χ1n) is 6.27. The summed E-state index contributed by atoms with van der Waals surface area (Å²) in [6.07, 6.45) is 0. The summed E-state index contributed by atoms with van der Waals surface area (Å²) in [7, 11) is 0. The SMILES string of the molecule is Cc1nc(OCCOc2ccccc2)ccc1CN. The van der Waals surface area contributed by atoms with Gasteiger partial charge >= 0.3 is 0 Å². The Kier molecular flexibility index (Phi) is 4.75. The van der Waals surface area contributed by atoms with Crippen LogP contribution in [0.3, 0.4) is 0 Å². The summed E-state index contributed by atoms with van der Waals surface area (Å²) in [5.74, 6) is 1.44. The van der Waals surface area contributed by atoms with E-state index in [2.05, 4.69) is 4.98 Å². The Morgan fingerprint density at radius 2 is 1.74 bits per heavy atom. The normalized spacial score (nSPS) is 10.2. The largest absolute Gasteiger partial charge is 0.490 e. The average molecular weight is 258 g/mol. The van der Waals surface area contributed by atoms with Crippen LogP contribution in [0.2, 0.25) is 0 Å². The van der Waals surface area contributed by atoms with Crippen molar-refractivity contribution in [3.05, 3.63) is 53.7 Å². The molecule has 0 unspecified atom stereocenters. The predicted octanol–water partition coefficient (Wildman–Crippen LogP) is 2.31. The standard InChI is InChI=1S/C15H18N2O2/c1-12-13(11-16)7-8-15(17-12)19-10-9-18-14-5-3-2-4-6-14/h2-8H,9-11,16H2,1H3. The van der Waals surface area contributed by atoms with Crippen LogP contribution in [0.15, 0.2) is 42.5 Å². The van der Waals surface area contributed by atoms with Crippen LogP contribution in [0, 0.1) is 6.92 Å². The fourth-order valence-corrected chi connectivity index (χ4v) is 1.69. The van der Waals surface area contributed by atoms with Gasteiger partial charge in [0.15, 0.2) is 0 Å². The van der Waals surface area contributed by atoms with Gasteiger partial charge in [-0.25, -0.2) is 4.98 Å². The van der Waals surface area contributed by atoms with Gasteiger partial charge in [-0.1, -0.05) is 24.3 Å². The molecule has 1 aromatic heterocycles. The third kappa shape index (κ3) is 3.96. The second-order valence-corrected chi connectivity index (χ2v) is 4.11. The minimum atomic E-state index is 0.462. The molecule has 0 saturated carbocycles. The number of nitrogens with zero attached hydrogens (tertiary/aromatic N) is 1. The number of pyridine rings is 1. The second kappa shape index (κ2) is 6.75. The molecule has 0 atom stereocenters. The summed E-state index contributed by atoms with van der Waals surface area (Å²) >= 11 is 0. The van der Waals surface area contributed by atoms with E-state index in [1.165, 1.54) is 0 Å². The van der Waals surface area contributed by atoms with E-state index in [1.807, 2.05) is 49.4 Å². The van der Waals surface area contributed by atoms with Gasteiger partial charge in [0, 0.05) is 18.3 Å². The highest BCUT2D eigenvalue weighted by molar-refractivity contribution is 5.24. The third-order valence-corrected chi connectivity index (χ3v) is 2.73. The number of nitrogens with two attached hydrogens (primary N) is 1. The fraction of sp³-hybridized carbons (Fsp3) is 0.267. The molecule has 2 N–H and O–H groups in total. The van der Waals surface area contributed by atoms with Crippen LogP contribution in [-0.2, 0) is 6.54 Å². The Morgan fingerprint density at radius 3 is 2.42 bits per heavy atom. The summed E-state index contributed by atoms with van der Waals surface area (Å²) < 4.78 is 11.1. The van der Waals surface area contributed by atoms with Crippen molar-refractivity contribution >= 4 is 0 Å². The van der Waals surface area contributed by atoms with Crippen LogP contribution in [-0.4, -0.2) is 18.2 Å². The topological polar surface area (TPSA) is 57.4 Å². The molecular formula is C15H18N2O2. The van der Waals surface area contributed by atoms with Gasteiger partial charge in [-0.15, -0.1) is 0 Å². The van der Waals surface area contributed by atoms with Crippen molar-refractivity contribution in [3.8, 4) is 11.6 Å². The molecule has 0 amide bonds. The van der Waals surface area contributed by atoms with Crippen molar-refractivity contribution in [2.24, 2.45) is 5.73 Å². The van der Waals surface area contributed by atoms with Crippen molar-refractivity contribution in [2.45, 2.75) is 13.5 Å². The Hall–Kier alpha value is -2.07. The maximum atomic E-state index is 5.59. The number of hydrogen-bond donors (Lipinski definition) is 1. The Bertz CT molecular complexity index is 515. The van der Waals surface area contributed by atoms with Gasteiger partial charge in [0.05, 0.1) is 0 Å². The molecule has 0 aliphatic carbocycles. The van der Waals surface area contributed by atoms with Gasteiger partial charge in [-0.2, -0.15) is 0 Å². The monoisotopic (exact) mass is 258 g/mol. The Balaban J connectivity index is 1.78. The molecule has 0 spiro atoms. The fourth-order valence-electron chi connectivity index (χ4n) is 1.69. The molecular weight excluding hydrogens is 240 g/mol. The van der Waals surface area contributed by atoms with E-state index in [1.54, 1.807) is 0 Å². The van der Waals surface area contributed by atoms with E-state index >= 15 is 0 Å². The number of hydrogen-bond acceptors (Lipinski definition) is 4. The summed E-state index contributed by atoms with van der Waals surface area (Å²) in [5.41, 5.74) is 7.53. The Morgan fingerprint density at radius 1 is 1.00 bits per heavy atom. The van der Waals surface area contributed by atoms with E-state index in [9.17, 15) is 0 Å². The zero-order chi connectivity index (χ0) is 13.5. The molecule has 0 aliphatic rings. The van der Waals surface area contributed by atoms with Crippen LogP contribution in [0.4, 0.5) is 0 Å². The molecule has 0 radical (unpaired) electrons. The molecule has 0 bridgehead atoms. The lowest BCUT2D eigenvalue weighted by Crippen LogP contribution is -2.10. The first-order chi connectivity index (χ1) is 9.29. The van der Waals surface area contributed by atoms with E-state index < -0.39 is 0 Å². The zero-order valence-corrected chi connectivity index (χ0v) is 11.0. The first-order valence-corrected chi connectivity index (χ1v) is 6.27. The second-order valence-electron chi connectivity index (χ2n) is 4.11. The maximum Gasteiger partial charge on any atom is 0.213 e. The minimum absolute atomic E-state index is 0.462. The van der Waals surface area contributed by atoms with Gasteiger partial charge in [0.25, 0.3) is 0 Å². The molecule has 0 aliphatic heterocycles. The van der Waals surface area contributed by atoms with Crippen molar-refractivity contribution in [2.75, 3.05) is 13.2 Å². The van der Waals surface area contributed by atoms with Crippen LogP contribution in [0.5, 0.6) is 11.6 Å². The van der Waals surface area contributed by atoms with Gasteiger partial charge < -0.3 is 15.2 Å². The highest BCUT2D eigenvalue weighted by Crippen LogP contribution is 2.12. The van der Waals surface area contributed by atoms with E-state index in [0.29, 0.717) is 25.6 Å². The van der Waals surface area contributed by atoms with Crippen LogP contribution in [0.25, 0.3) is 0 Å². The van der Waals surface area contributed by atoms with Crippen molar-refractivity contribution in [3.63, 3.8) is 0 Å². The molecule has 100 valence electrons. The number of ether oxygens (including phenoxy) is 2. The number of rotatable bonds is 6. The summed E-state index contributed by atoms with van der Waals surface area (Å²) in [4.78, 5) is 4.33. The van der Waals surface area contributed by atoms with E-state index in [0.717, 1.165) is 17.0 Å².